The highest BCUT2D eigenvalue weighted by Crippen LogP contribution is 2.46. The maximum atomic E-state index is 15.3. The summed E-state index contributed by atoms with van der Waals surface area (Å²) >= 11 is 0. The molecule has 0 atom stereocenters. The zero-order valence-electron chi connectivity index (χ0n) is 16.2. The van der Waals surface area contributed by atoms with Gasteiger partial charge in [-0.25, -0.2) is 9.18 Å². The minimum Gasteiger partial charge on any atom is -0.496 e. The molecule has 0 bridgehead atoms. The number of carboxylic acid groups (broad SMARTS) is 1. The van der Waals surface area contributed by atoms with Gasteiger partial charge >= 0.3 is 5.97 Å². The molecular formula is C22H27FO3. The predicted molar refractivity (Wildman–Crippen MR) is 103 cm³/mol. The van der Waals surface area contributed by atoms with Crippen LogP contribution in [-0.2, 0) is 0 Å². The minimum absolute atomic E-state index is 0.0434. The number of allylic oxidation sites excluding steroid dienone is 4. The topological polar surface area (TPSA) is 46.5 Å². The number of halogens is 1. The molecule has 1 aliphatic rings. The van der Waals surface area contributed by atoms with Crippen LogP contribution in [0.5, 0.6) is 5.75 Å². The van der Waals surface area contributed by atoms with Crippen LogP contribution in [0.2, 0.25) is 0 Å². The normalized spacial score (nSPS) is 17.6. The van der Waals surface area contributed by atoms with E-state index < -0.39 is 11.8 Å². The number of rotatable bonds is 5. The van der Waals surface area contributed by atoms with Crippen molar-refractivity contribution in [2.45, 2.75) is 47.0 Å². The third kappa shape index (κ3) is 3.74. The Hall–Kier alpha value is -2.36. The molecule has 0 aliphatic heterocycles. The van der Waals surface area contributed by atoms with E-state index in [1.807, 2.05) is 0 Å². The number of hydrogen-bond acceptors (Lipinski definition) is 2. The summed E-state index contributed by atoms with van der Waals surface area (Å²) in [4.78, 5) is 11.1. The van der Waals surface area contributed by atoms with E-state index in [0.29, 0.717) is 11.1 Å². The first-order valence-corrected chi connectivity index (χ1v) is 8.78. The molecule has 0 amide bonds. The molecule has 0 heterocycles. The second-order valence-corrected chi connectivity index (χ2v) is 7.53. The van der Waals surface area contributed by atoms with Crippen LogP contribution in [0, 0.1) is 5.41 Å². The fourth-order valence-corrected chi connectivity index (χ4v) is 3.82. The van der Waals surface area contributed by atoms with Crippen LogP contribution in [0.25, 0.3) is 5.83 Å². The summed E-state index contributed by atoms with van der Waals surface area (Å²) in [7, 11) is 1.40. The molecular weight excluding hydrogens is 331 g/mol. The molecule has 3 nitrogen and oxygen atoms in total. The van der Waals surface area contributed by atoms with Gasteiger partial charge in [-0.15, -0.1) is 0 Å². The zero-order valence-corrected chi connectivity index (χ0v) is 16.2. The molecule has 0 saturated carbocycles. The van der Waals surface area contributed by atoms with E-state index in [1.165, 1.54) is 30.9 Å². The molecule has 26 heavy (non-hydrogen) atoms. The molecule has 0 unspecified atom stereocenters. The SMILES string of the molecule is C=C(C1=C(C)CCCC1(C)C)/C(C)=C(\F)c1ccc(C(=O)O)cc1OC. The molecule has 2 rings (SSSR count). The van der Waals surface area contributed by atoms with Gasteiger partial charge in [0.2, 0.25) is 0 Å². The van der Waals surface area contributed by atoms with Gasteiger partial charge in [0.05, 0.1) is 18.2 Å². The van der Waals surface area contributed by atoms with Crippen molar-refractivity contribution in [1.82, 2.24) is 0 Å². The lowest BCUT2D eigenvalue weighted by atomic mass is 9.69. The van der Waals surface area contributed by atoms with Crippen molar-refractivity contribution < 1.29 is 19.0 Å². The smallest absolute Gasteiger partial charge is 0.335 e. The second kappa shape index (κ2) is 7.48. The Balaban J connectivity index is 2.53. The predicted octanol–water partition coefficient (Wildman–Crippen LogP) is 6.18. The van der Waals surface area contributed by atoms with E-state index in [9.17, 15) is 4.79 Å². The van der Waals surface area contributed by atoms with Crippen molar-refractivity contribution in [3.8, 4) is 5.75 Å². The largest absolute Gasteiger partial charge is 0.496 e. The minimum atomic E-state index is -1.08. The zero-order chi connectivity index (χ0) is 19.6. The fraction of sp³-hybridized carbons (Fsp3) is 0.409. The Labute approximate surface area is 154 Å². The number of benzene rings is 1. The quantitative estimate of drug-likeness (QED) is 0.640. The van der Waals surface area contributed by atoms with E-state index >= 15 is 4.39 Å². The maximum absolute atomic E-state index is 15.3. The number of ether oxygens (including phenoxy) is 1. The van der Waals surface area contributed by atoms with Crippen LogP contribution in [0.4, 0.5) is 4.39 Å². The van der Waals surface area contributed by atoms with Crippen molar-refractivity contribution in [2.24, 2.45) is 5.41 Å². The fourth-order valence-electron chi connectivity index (χ4n) is 3.82. The van der Waals surface area contributed by atoms with Crippen molar-refractivity contribution >= 4 is 11.8 Å². The molecule has 140 valence electrons. The van der Waals surface area contributed by atoms with Crippen LogP contribution in [0.15, 0.2) is 47.1 Å². The first-order chi connectivity index (χ1) is 12.1. The van der Waals surface area contributed by atoms with E-state index in [2.05, 4.69) is 27.4 Å². The molecule has 0 radical (unpaired) electrons. The highest BCUT2D eigenvalue weighted by Gasteiger charge is 2.31. The van der Waals surface area contributed by atoms with Gasteiger partial charge < -0.3 is 9.84 Å². The summed E-state index contributed by atoms with van der Waals surface area (Å²) in [6.45, 7) is 12.3. The lowest BCUT2D eigenvalue weighted by molar-refractivity contribution is 0.0696. The average molecular weight is 358 g/mol. The van der Waals surface area contributed by atoms with Gasteiger partial charge in [-0.05, 0) is 73.4 Å². The van der Waals surface area contributed by atoms with Crippen LogP contribution >= 0.6 is 0 Å². The van der Waals surface area contributed by atoms with Crippen molar-refractivity contribution in [3.63, 3.8) is 0 Å². The highest BCUT2D eigenvalue weighted by molar-refractivity contribution is 5.89. The van der Waals surface area contributed by atoms with Gasteiger partial charge in [-0.1, -0.05) is 26.0 Å². The average Bonchev–Trinajstić information content (AvgIpc) is 2.58. The summed E-state index contributed by atoms with van der Waals surface area (Å²) in [5.41, 5.74) is 3.79. The van der Waals surface area contributed by atoms with Gasteiger partial charge in [0, 0.05) is 0 Å². The van der Waals surface area contributed by atoms with Gasteiger partial charge in [0.15, 0.2) is 0 Å². The molecule has 1 aliphatic carbocycles. The highest BCUT2D eigenvalue weighted by atomic mass is 19.1. The van der Waals surface area contributed by atoms with Crippen LogP contribution in [-0.4, -0.2) is 18.2 Å². The molecule has 0 aromatic heterocycles. The monoisotopic (exact) mass is 358 g/mol. The Morgan fingerprint density at radius 1 is 1.35 bits per heavy atom. The number of carboxylic acids is 1. The molecule has 0 fully saturated rings. The summed E-state index contributed by atoms with van der Waals surface area (Å²) in [5.74, 6) is -1.32. The van der Waals surface area contributed by atoms with Crippen LogP contribution < -0.4 is 4.74 Å². The van der Waals surface area contributed by atoms with Crippen LogP contribution in [0.3, 0.4) is 0 Å². The molecule has 4 heteroatoms. The first kappa shape index (κ1) is 20.0. The van der Waals surface area contributed by atoms with Crippen molar-refractivity contribution in [3.05, 3.63) is 58.2 Å². The molecule has 1 N–H and O–H groups in total. The molecule has 1 aromatic carbocycles. The second-order valence-electron chi connectivity index (χ2n) is 7.53. The van der Waals surface area contributed by atoms with Gasteiger partial charge in [-0.2, -0.15) is 0 Å². The van der Waals surface area contributed by atoms with Crippen LogP contribution in [0.1, 0.15) is 62.9 Å². The van der Waals surface area contributed by atoms with Crippen molar-refractivity contribution in [1.29, 1.82) is 0 Å². The summed E-state index contributed by atoms with van der Waals surface area (Å²) < 4.78 is 20.5. The Kier molecular flexibility index (Phi) is 5.74. The molecule has 1 aromatic rings. The molecule has 0 spiro atoms. The maximum Gasteiger partial charge on any atom is 0.335 e. The summed E-state index contributed by atoms with van der Waals surface area (Å²) in [6.07, 6.45) is 3.18. The standard InChI is InChI=1S/C22H27FO3/c1-13-8-7-11-22(4,5)19(13)14(2)15(3)20(23)17-10-9-16(21(24)25)12-18(17)26-6/h9-10,12H,2,7-8,11H2,1,3-6H3,(H,24,25)/b20-15-. The third-order valence-electron chi connectivity index (χ3n) is 5.23. The van der Waals surface area contributed by atoms with Gasteiger partial charge in [0.1, 0.15) is 11.6 Å². The number of methoxy groups -OCH3 is 1. The third-order valence-corrected chi connectivity index (χ3v) is 5.23. The number of aromatic carboxylic acids is 1. The number of hydrogen-bond donors (Lipinski definition) is 1. The lowest BCUT2D eigenvalue weighted by Gasteiger charge is -2.36. The number of carbonyl (C=O) groups is 1. The van der Waals surface area contributed by atoms with Gasteiger partial charge in [0.25, 0.3) is 0 Å². The van der Waals surface area contributed by atoms with Crippen molar-refractivity contribution in [2.75, 3.05) is 7.11 Å². The van der Waals surface area contributed by atoms with E-state index in [0.717, 1.165) is 24.8 Å². The van der Waals surface area contributed by atoms with E-state index in [1.54, 1.807) is 6.92 Å². The Morgan fingerprint density at radius 2 is 2.00 bits per heavy atom. The first-order valence-electron chi connectivity index (χ1n) is 8.78. The summed E-state index contributed by atoms with van der Waals surface area (Å²) in [5, 5.41) is 9.11. The van der Waals surface area contributed by atoms with E-state index in [-0.39, 0.29) is 22.3 Å². The Bertz CT molecular complexity index is 813. The Morgan fingerprint density at radius 3 is 2.54 bits per heavy atom. The summed E-state index contributed by atoms with van der Waals surface area (Å²) in [6, 6.07) is 4.16. The lowest BCUT2D eigenvalue weighted by Crippen LogP contribution is -2.22. The van der Waals surface area contributed by atoms with E-state index in [4.69, 9.17) is 9.84 Å². The molecule has 0 saturated heterocycles. The van der Waals surface area contributed by atoms with Gasteiger partial charge in [-0.3, -0.25) is 0 Å².